The van der Waals surface area contributed by atoms with Gasteiger partial charge in [0.1, 0.15) is 6.54 Å². The molecule has 0 aliphatic heterocycles. The Bertz CT molecular complexity index is 634. The molecule has 0 aliphatic rings. The Morgan fingerprint density at radius 2 is 1.95 bits per heavy atom. The maximum Gasteiger partial charge on any atom is 0.246 e. The van der Waals surface area contributed by atoms with E-state index >= 15 is 0 Å². The first kappa shape index (κ1) is 15.5. The molecular weight excluding hydrogens is 288 g/mol. The minimum Gasteiger partial charge on any atom is -0.324 e. The number of carbonyl (C=O) groups excluding carboxylic acids is 1. The number of aryl methyl sites for hydroxylation is 1. The van der Waals surface area contributed by atoms with Crippen molar-refractivity contribution in [2.45, 2.75) is 26.9 Å². The summed E-state index contributed by atoms with van der Waals surface area (Å²) in [5.74, 6) is -0.112. The predicted octanol–water partition coefficient (Wildman–Crippen LogP) is 2.51. The number of benzene rings is 1. The first-order valence-electron chi connectivity index (χ1n) is 6.74. The molecule has 6 heteroatoms. The summed E-state index contributed by atoms with van der Waals surface area (Å²) in [4.78, 5) is 12.1. The molecule has 1 amide bonds. The number of carbonyl (C=O) groups is 1. The standard InChI is InChI=1S/C15H19ClN4O/c1-10-14(8-17-3)11(2)20(19-10)9-15(21)18-13-6-4-12(16)5-7-13/h4-7,17H,8-9H2,1-3H3,(H,18,21). The molecule has 1 heterocycles. The van der Waals surface area contributed by atoms with Gasteiger partial charge in [-0.25, -0.2) is 0 Å². The van der Waals surface area contributed by atoms with Crippen LogP contribution in [0.4, 0.5) is 5.69 Å². The molecule has 21 heavy (non-hydrogen) atoms. The molecule has 0 bridgehead atoms. The zero-order valence-corrected chi connectivity index (χ0v) is 13.2. The number of nitrogens with zero attached hydrogens (tertiary/aromatic N) is 2. The van der Waals surface area contributed by atoms with Crippen LogP contribution in [0, 0.1) is 13.8 Å². The Morgan fingerprint density at radius 1 is 1.29 bits per heavy atom. The van der Waals surface area contributed by atoms with Gasteiger partial charge in [-0.1, -0.05) is 11.6 Å². The van der Waals surface area contributed by atoms with Crippen LogP contribution in [0.3, 0.4) is 0 Å². The van der Waals surface area contributed by atoms with E-state index < -0.39 is 0 Å². The quantitative estimate of drug-likeness (QED) is 0.892. The fraction of sp³-hybridized carbons (Fsp3) is 0.333. The van der Waals surface area contributed by atoms with E-state index in [1.807, 2.05) is 20.9 Å². The average molecular weight is 307 g/mol. The second-order valence-corrected chi connectivity index (χ2v) is 5.33. The molecule has 0 radical (unpaired) electrons. The summed E-state index contributed by atoms with van der Waals surface area (Å²) >= 11 is 5.82. The third-order valence-electron chi connectivity index (χ3n) is 3.31. The second kappa shape index (κ2) is 6.74. The van der Waals surface area contributed by atoms with Crippen molar-refractivity contribution in [3.63, 3.8) is 0 Å². The third-order valence-corrected chi connectivity index (χ3v) is 3.56. The largest absolute Gasteiger partial charge is 0.324 e. The number of hydrogen-bond acceptors (Lipinski definition) is 3. The monoisotopic (exact) mass is 306 g/mol. The Hall–Kier alpha value is -1.85. The number of anilines is 1. The highest BCUT2D eigenvalue weighted by atomic mass is 35.5. The van der Waals surface area contributed by atoms with Crippen LogP contribution in [0.5, 0.6) is 0 Å². The van der Waals surface area contributed by atoms with Gasteiger partial charge in [0.05, 0.1) is 5.69 Å². The van der Waals surface area contributed by atoms with E-state index in [0.717, 1.165) is 29.2 Å². The van der Waals surface area contributed by atoms with Crippen molar-refractivity contribution in [3.05, 3.63) is 46.2 Å². The molecule has 2 aromatic rings. The Morgan fingerprint density at radius 3 is 2.57 bits per heavy atom. The van der Waals surface area contributed by atoms with Crippen LogP contribution in [-0.4, -0.2) is 22.7 Å². The van der Waals surface area contributed by atoms with Crippen molar-refractivity contribution < 1.29 is 4.79 Å². The highest BCUT2D eigenvalue weighted by molar-refractivity contribution is 6.30. The van der Waals surface area contributed by atoms with Crippen LogP contribution >= 0.6 is 11.6 Å². The van der Waals surface area contributed by atoms with Gasteiger partial charge in [-0.15, -0.1) is 0 Å². The summed E-state index contributed by atoms with van der Waals surface area (Å²) in [6.07, 6.45) is 0. The molecule has 5 nitrogen and oxygen atoms in total. The summed E-state index contributed by atoms with van der Waals surface area (Å²) in [7, 11) is 1.89. The highest BCUT2D eigenvalue weighted by Crippen LogP contribution is 2.15. The fourth-order valence-electron chi connectivity index (χ4n) is 2.19. The zero-order chi connectivity index (χ0) is 15.4. The molecule has 0 atom stereocenters. The SMILES string of the molecule is CNCc1c(C)nn(CC(=O)Nc2ccc(Cl)cc2)c1C. The number of aromatic nitrogens is 2. The molecule has 2 N–H and O–H groups in total. The minimum absolute atomic E-state index is 0.112. The van der Waals surface area contributed by atoms with E-state index in [-0.39, 0.29) is 12.5 Å². The van der Waals surface area contributed by atoms with E-state index in [1.54, 1.807) is 28.9 Å². The number of hydrogen-bond donors (Lipinski definition) is 2. The Kier molecular flexibility index (Phi) is 4.98. The smallest absolute Gasteiger partial charge is 0.246 e. The van der Waals surface area contributed by atoms with Crippen LogP contribution in [0.25, 0.3) is 0 Å². The van der Waals surface area contributed by atoms with Gasteiger partial charge in [0, 0.05) is 28.5 Å². The number of nitrogens with one attached hydrogen (secondary N) is 2. The van der Waals surface area contributed by atoms with Gasteiger partial charge in [-0.2, -0.15) is 5.10 Å². The molecule has 0 aliphatic carbocycles. The number of rotatable bonds is 5. The van der Waals surface area contributed by atoms with E-state index in [0.29, 0.717) is 5.02 Å². The fourth-order valence-corrected chi connectivity index (χ4v) is 2.32. The molecule has 0 spiro atoms. The number of amides is 1. The number of halogens is 1. The third kappa shape index (κ3) is 3.83. The summed E-state index contributed by atoms with van der Waals surface area (Å²) in [5.41, 5.74) is 3.81. The van der Waals surface area contributed by atoms with E-state index in [9.17, 15) is 4.79 Å². The highest BCUT2D eigenvalue weighted by Gasteiger charge is 2.13. The lowest BCUT2D eigenvalue weighted by molar-refractivity contribution is -0.116. The molecule has 1 aromatic heterocycles. The van der Waals surface area contributed by atoms with Crippen molar-refractivity contribution in [3.8, 4) is 0 Å². The van der Waals surface area contributed by atoms with Crippen LogP contribution in [0.2, 0.25) is 5.02 Å². The van der Waals surface area contributed by atoms with Crippen LogP contribution in [-0.2, 0) is 17.9 Å². The van der Waals surface area contributed by atoms with Gasteiger partial charge in [-0.3, -0.25) is 9.48 Å². The van der Waals surface area contributed by atoms with Gasteiger partial charge >= 0.3 is 0 Å². The van der Waals surface area contributed by atoms with Gasteiger partial charge in [0.15, 0.2) is 0 Å². The van der Waals surface area contributed by atoms with Crippen LogP contribution in [0.15, 0.2) is 24.3 Å². The first-order valence-corrected chi connectivity index (χ1v) is 7.12. The lowest BCUT2D eigenvalue weighted by atomic mass is 10.2. The normalized spacial score (nSPS) is 10.7. The Labute approximate surface area is 129 Å². The topological polar surface area (TPSA) is 59.0 Å². The molecule has 0 unspecified atom stereocenters. The van der Waals surface area contributed by atoms with Crippen molar-refractivity contribution >= 4 is 23.2 Å². The maximum absolute atomic E-state index is 12.1. The summed E-state index contributed by atoms with van der Waals surface area (Å²) in [5, 5.41) is 11.0. The van der Waals surface area contributed by atoms with Gasteiger partial charge in [-0.05, 0) is 45.2 Å². The van der Waals surface area contributed by atoms with E-state index in [2.05, 4.69) is 15.7 Å². The van der Waals surface area contributed by atoms with Crippen molar-refractivity contribution in [1.29, 1.82) is 0 Å². The lowest BCUT2D eigenvalue weighted by Crippen LogP contribution is -2.20. The summed E-state index contributed by atoms with van der Waals surface area (Å²) < 4.78 is 1.73. The molecule has 0 saturated carbocycles. The molecule has 2 rings (SSSR count). The average Bonchev–Trinajstić information content (AvgIpc) is 2.69. The maximum atomic E-state index is 12.1. The molecule has 1 aromatic carbocycles. The van der Waals surface area contributed by atoms with Crippen LogP contribution < -0.4 is 10.6 Å². The summed E-state index contributed by atoms with van der Waals surface area (Å²) in [6, 6.07) is 7.03. The summed E-state index contributed by atoms with van der Waals surface area (Å²) in [6.45, 7) is 4.87. The molecule has 112 valence electrons. The van der Waals surface area contributed by atoms with Gasteiger partial charge in [0.2, 0.25) is 5.91 Å². The predicted molar refractivity (Wildman–Crippen MR) is 84.5 cm³/mol. The zero-order valence-electron chi connectivity index (χ0n) is 12.4. The minimum atomic E-state index is -0.112. The molecular formula is C15H19ClN4O. The Balaban J connectivity index is 2.06. The van der Waals surface area contributed by atoms with Crippen LogP contribution in [0.1, 0.15) is 17.0 Å². The van der Waals surface area contributed by atoms with Crippen molar-refractivity contribution in [1.82, 2.24) is 15.1 Å². The van der Waals surface area contributed by atoms with E-state index in [1.165, 1.54) is 0 Å². The molecule has 0 fully saturated rings. The molecule has 0 saturated heterocycles. The lowest BCUT2D eigenvalue weighted by Gasteiger charge is -2.07. The van der Waals surface area contributed by atoms with Gasteiger partial charge < -0.3 is 10.6 Å². The van der Waals surface area contributed by atoms with Gasteiger partial charge in [0.25, 0.3) is 0 Å². The first-order chi connectivity index (χ1) is 10.0. The second-order valence-electron chi connectivity index (χ2n) is 4.89. The van der Waals surface area contributed by atoms with Crippen molar-refractivity contribution in [2.24, 2.45) is 0 Å². The van der Waals surface area contributed by atoms with Crippen molar-refractivity contribution in [2.75, 3.05) is 12.4 Å². The van der Waals surface area contributed by atoms with E-state index in [4.69, 9.17) is 11.6 Å².